The fourth-order valence-electron chi connectivity index (χ4n) is 2.93. The van der Waals surface area contributed by atoms with E-state index in [9.17, 15) is 4.79 Å². The minimum Gasteiger partial charge on any atom is -0.292 e. The number of fused-ring (bicyclic) bond motifs is 2. The number of aromatic nitrogens is 2. The van der Waals surface area contributed by atoms with Crippen molar-refractivity contribution in [3.8, 4) is 0 Å². The second-order valence-corrected chi connectivity index (χ2v) is 6.88. The standard InChI is InChI=1S/C18H12BrClN2O/c19-13-3-1-2-11(9-13)8-12-6-7-22-17(12)21-16-10-14(20)4-5-15(16)18(22)23/h1-5,8-10H,6-7H2/b12-8+. The highest BCUT2D eigenvalue weighted by Crippen LogP contribution is 2.28. The minimum absolute atomic E-state index is 0.000640. The molecule has 1 aliphatic heterocycles. The molecule has 1 aromatic heterocycles. The zero-order chi connectivity index (χ0) is 16.0. The molecule has 5 heteroatoms. The second kappa shape index (κ2) is 5.62. The van der Waals surface area contributed by atoms with Crippen LogP contribution in [0.2, 0.25) is 5.02 Å². The fourth-order valence-corrected chi connectivity index (χ4v) is 3.51. The van der Waals surface area contributed by atoms with E-state index < -0.39 is 0 Å². The Morgan fingerprint density at radius 3 is 2.91 bits per heavy atom. The van der Waals surface area contributed by atoms with E-state index in [0.29, 0.717) is 22.5 Å². The quantitative estimate of drug-likeness (QED) is 0.603. The smallest absolute Gasteiger partial charge is 0.261 e. The van der Waals surface area contributed by atoms with E-state index in [1.165, 1.54) is 0 Å². The number of rotatable bonds is 1. The number of nitrogens with zero attached hydrogens (tertiary/aromatic N) is 2. The molecule has 0 fully saturated rings. The molecule has 0 radical (unpaired) electrons. The molecule has 23 heavy (non-hydrogen) atoms. The Hall–Kier alpha value is -1.91. The van der Waals surface area contributed by atoms with Crippen molar-refractivity contribution < 1.29 is 0 Å². The van der Waals surface area contributed by atoms with E-state index in [-0.39, 0.29) is 5.56 Å². The van der Waals surface area contributed by atoms with Gasteiger partial charge in [-0.05, 0) is 54.0 Å². The van der Waals surface area contributed by atoms with Gasteiger partial charge in [0.15, 0.2) is 0 Å². The van der Waals surface area contributed by atoms with Gasteiger partial charge in [0.25, 0.3) is 5.56 Å². The van der Waals surface area contributed by atoms with Gasteiger partial charge in [-0.15, -0.1) is 0 Å². The summed E-state index contributed by atoms with van der Waals surface area (Å²) in [5.74, 6) is 0.741. The molecule has 0 N–H and O–H groups in total. The van der Waals surface area contributed by atoms with Crippen LogP contribution in [0.3, 0.4) is 0 Å². The third kappa shape index (κ3) is 2.62. The molecular weight excluding hydrogens is 376 g/mol. The molecule has 0 saturated carbocycles. The predicted molar refractivity (Wildman–Crippen MR) is 97.6 cm³/mol. The lowest BCUT2D eigenvalue weighted by Crippen LogP contribution is -2.20. The van der Waals surface area contributed by atoms with E-state index >= 15 is 0 Å². The van der Waals surface area contributed by atoms with Crippen LogP contribution in [0.5, 0.6) is 0 Å². The van der Waals surface area contributed by atoms with Gasteiger partial charge in [0, 0.05) is 16.0 Å². The van der Waals surface area contributed by atoms with Crippen molar-refractivity contribution in [2.24, 2.45) is 0 Å². The summed E-state index contributed by atoms with van der Waals surface area (Å²) in [5.41, 5.74) is 2.81. The van der Waals surface area contributed by atoms with Crippen LogP contribution in [-0.2, 0) is 6.54 Å². The Morgan fingerprint density at radius 2 is 2.09 bits per heavy atom. The average Bonchev–Trinajstić information content (AvgIpc) is 2.90. The van der Waals surface area contributed by atoms with Crippen LogP contribution in [-0.4, -0.2) is 9.55 Å². The number of hydrogen-bond donors (Lipinski definition) is 0. The largest absolute Gasteiger partial charge is 0.292 e. The minimum atomic E-state index is -0.000640. The average molecular weight is 388 g/mol. The third-order valence-electron chi connectivity index (χ3n) is 4.00. The zero-order valence-corrected chi connectivity index (χ0v) is 14.4. The van der Waals surface area contributed by atoms with Gasteiger partial charge in [0.1, 0.15) is 5.82 Å². The van der Waals surface area contributed by atoms with Crippen molar-refractivity contribution in [2.45, 2.75) is 13.0 Å². The first-order valence-corrected chi connectivity index (χ1v) is 8.45. The zero-order valence-electron chi connectivity index (χ0n) is 12.1. The van der Waals surface area contributed by atoms with Gasteiger partial charge in [0.05, 0.1) is 10.9 Å². The monoisotopic (exact) mass is 386 g/mol. The molecule has 0 amide bonds. The van der Waals surface area contributed by atoms with Crippen LogP contribution in [0.25, 0.3) is 22.6 Å². The SMILES string of the molecule is O=c1c2ccc(Cl)cc2nc2n1CC/C2=C\c1cccc(Br)c1. The van der Waals surface area contributed by atoms with Crippen molar-refractivity contribution in [1.29, 1.82) is 0 Å². The van der Waals surface area contributed by atoms with Crippen LogP contribution >= 0.6 is 27.5 Å². The molecule has 2 heterocycles. The van der Waals surface area contributed by atoms with Gasteiger partial charge in [-0.1, -0.05) is 39.7 Å². The topological polar surface area (TPSA) is 34.9 Å². The van der Waals surface area contributed by atoms with Crippen molar-refractivity contribution in [3.05, 3.63) is 73.7 Å². The van der Waals surface area contributed by atoms with E-state index in [1.54, 1.807) is 22.8 Å². The number of allylic oxidation sites excluding steroid dienone is 1. The van der Waals surface area contributed by atoms with Crippen LogP contribution in [0.4, 0.5) is 0 Å². The first-order valence-electron chi connectivity index (χ1n) is 7.28. The maximum Gasteiger partial charge on any atom is 0.261 e. The lowest BCUT2D eigenvalue weighted by molar-refractivity contribution is 0.725. The summed E-state index contributed by atoms with van der Waals surface area (Å²) in [5, 5.41) is 1.20. The summed E-state index contributed by atoms with van der Waals surface area (Å²) >= 11 is 9.52. The van der Waals surface area contributed by atoms with Crippen molar-refractivity contribution in [2.75, 3.05) is 0 Å². The van der Waals surface area contributed by atoms with Crippen LogP contribution in [0.15, 0.2) is 51.7 Å². The van der Waals surface area contributed by atoms with Crippen molar-refractivity contribution in [3.63, 3.8) is 0 Å². The molecule has 3 nitrogen and oxygen atoms in total. The van der Waals surface area contributed by atoms with E-state index in [1.807, 2.05) is 24.3 Å². The van der Waals surface area contributed by atoms with E-state index in [2.05, 4.69) is 27.0 Å². The molecule has 0 aliphatic carbocycles. The summed E-state index contributed by atoms with van der Waals surface area (Å²) in [6, 6.07) is 13.3. The summed E-state index contributed by atoms with van der Waals surface area (Å²) < 4.78 is 2.78. The highest BCUT2D eigenvalue weighted by atomic mass is 79.9. The number of halogens is 2. The fraction of sp³-hybridized carbons (Fsp3) is 0.111. The Morgan fingerprint density at radius 1 is 1.22 bits per heavy atom. The summed E-state index contributed by atoms with van der Waals surface area (Å²) in [7, 11) is 0. The third-order valence-corrected chi connectivity index (χ3v) is 4.73. The molecule has 4 rings (SSSR count). The van der Waals surface area contributed by atoms with Gasteiger partial charge in [0.2, 0.25) is 0 Å². The molecule has 0 saturated heterocycles. The maximum absolute atomic E-state index is 12.6. The van der Waals surface area contributed by atoms with Crippen LogP contribution in [0, 0.1) is 0 Å². The Balaban J connectivity index is 1.91. The Labute approximate surface area is 146 Å². The summed E-state index contributed by atoms with van der Waals surface area (Å²) in [4.78, 5) is 17.3. The molecule has 0 spiro atoms. The molecule has 0 unspecified atom stereocenters. The summed E-state index contributed by atoms with van der Waals surface area (Å²) in [6.45, 7) is 0.666. The molecule has 0 bridgehead atoms. The molecular formula is C18H12BrClN2O. The second-order valence-electron chi connectivity index (χ2n) is 5.53. The lowest BCUT2D eigenvalue weighted by Gasteiger charge is -2.06. The number of benzene rings is 2. The highest BCUT2D eigenvalue weighted by Gasteiger charge is 2.20. The van der Waals surface area contributed by atoms with Crippen molar-refractivity contribution >= 4 is 50.1 Å². The number of hydrogen-bond acceptors (Lipinski definition) is 2. The normalized spacial score (nSPS) is 15.3. The maximum atomic E-state index is 12.6. The van der Waals surface area contributed by atoms with Crippen molar-refractivity contribution in [1.82, 2.24) is 9.55 Å². The van der Waals surface area contributed by atoms with Gasteiger partial charge >= 0.3 is 0 Å². The molecule has 3 aromatic rings. The van der Waals surface area contributed by atoms with Gasteiger partial charge in [-0.25, -0.2) is 4.98 Å². The van der Waals surface area contributed by atoms with Gasteiger partial charge in [-0.2, -0.15) is 0 Å². The Bertz CT molecular complexity index is 1020. The molecule has 114 valence electrons. The molecule has 2 aromatic carbocycles. The first kappa shape index (κ1) is 14.7. The van der Waals surface area contributed by atoms with Gasteiger partial charge < -0.3 is 0 Å². The summed E-state index contributed by atoms with van der Waals surface area (Å²) in [6.07, 6.45) is 2.89. The highest BCUT2D eigenvalue weighted by molar-refractivity contribution is 9.10. The van der Waals surface area contributed by atoms with Gasteiger partial charge in [-0.3, -0.25) is 9.36 Å². The van der Waals surface area contributed by atoms with E-state index in [0.717, 1.165) is 27.9 Å². The van der Waals surface area contributed by atoms with Crippen LogP contribution in [0.1, 0.15) is 17.8 Å². The Kier molecular flexibility index (Phi) is 3.58. The van der Waals surface area contributed by atoms with E-state index in [4.69, 9.17) is 11.6 Å². The van der Waals surface area contributed by atoms with Crippen LogP contribution < -0.4 is 5.56 Å². The molecule has 0 atom stereocenters. The molecule has 1 aliphatic rings. The lowest BCUT2D eigenvalue weighted by atomic mass is 10.1. The predicted octanol–water partition coefficient (Wildman–Crippen LogP) is 4.76. The first-order chi connectivity index (χ1) is 11.1.